The van der Waals surface area contributed by atoms with E-state index in [0.29, 0.717) is 23.8 Å². The van der Waals surface area contributed by atoms with Crippen molar-refractivity contribution in [2.75, 3.05) is 13.2 Å². The van der Waals surface area contributed by atoms with E-state index in [2.05, 4.69) is 11.1 Å². The van der Waals surface area contributed by atoms with Gasteiger partial charge in [0.1, 0.15) is 5.01 Å². The van der Waals surface area contributed by atoms with E-state index in [1.165, 1.54) is 11.3 Å². The summed E-state index contributed by atoms with van der Waals surface area (Å²) in [7, 11) is 0. The van der Waals surface area contributed by atoms with Gasteiger partial charge in [-0.15, -0.1) is 11.3 Å². The molecule has 0 amide bonds. The van der Waals surface area contributed by atoms with Crippen LogP contribution in [0, 0.1) is 18.3 Å². The minimum absolute atomic E-state index is 0.253. The van der Waals surface area contributed by atoms with Gasteiger partial charge in [0, 0.05) is 22.2 Å². The lowest BCUT2D eigenvalue weighted by Gasteiger charge is -2.11. The Labute approximate surface area is 132 Å². The summed E-state index contributed by atoms with van der Waals surface area (Å²) in [5.74, 6) is -1.13. The molecule has 1 fully saturated rings. The lowest BCUT2D eigenvalue weighted by Crippen LogP contribution is -2.12. The van der Waals surface area contributed by atoms with E-state index in [9.17, 15) is 10.1 Å². The third-order valence-corrected chi connectivity index (χ3v) is 4.37. The molecule has 1 atom stereocenters. The van der Waals surface area contributed by atoms with Gasteiger partial charge in [0.2, 0.25) is 0 Å². The van der Waals surface area contributed by atoms with Gasteiger partial charge in [0.05, 0.1) is 19.3 Å². The second-order valence-corrected chi connectivity index (χ2v) is 5.84. The molecule has 0 aliphatic carbocycles. The Morgan fingerprint density at radius 3 is 2.86 bits per heavy atom. The van der Waals surface area contributed by atoms with Crippen LogP contribution in [-0.2, 0) is 9.47 Å². The number of hydrogen-bond donors (Lipinski definition) is 0. The molecule has 0 saturated carbocycles. The molecule has 1 aromatic heterocycles. The van der Waals surface area contributed by atoms with Crippen molar-refractivity contribution in [3.05, 3.63) is 51.5 Å². The number of nitriles is 1. The van der Waals surface area contributed by atoms with Gasteiger partial charge in [-0.2, -0.15) is 5.26 Å². The fraction of sp³-hybridized carbons (Fsp3) is 0.312. The fourth-order valence-electron chi connectivity index (χ4n) is 2.29. The van der Waals surface area contributed by atoms with Gasteiger partial charge in [-0.3, -0.25) is 4.79 Å². The van der Waals surface area contributed by atoms with E-state index >= 15 is 0 Å². The highest BCUT2D eigenvalue weighted by Crippen LogP contribution is 2.27. The maximum absolute atomic E-state index is 12.6. The zero-order valence-corrected chi connectivity index (χ0v) is 12.8. The lowest BCUT2D eigenvalue weighted by atomic mass is 9.97. The Hall–Kier alpha value is -2.07. The summed E-state index contributed by atoms with van der Waals surface area (Å²) in [5, 5.41) is 11.7. The first-order valence-electron chi connectivity index (χ1n) is 6.88. The monoisotopic (exact) mass is 314 g/mol. The van der Waals surface area contributed by atoms with Gasteiger partial charge in [-0.05, 0) is 13.0 Å². The van der Waals surface area contributed by atoms with Gasteiger partial charge in [0.15, 0.2) is 18.0 Å². The third-order valence-electron chi connectivity index (χ3n) is 3.34. The molecule has 1 aliphatic heterocycles. The van der Waals surface area contributed by atoms with Crippen LogP contribution in [0.2, 0.25) is 0 Å². The molecule has 22 heavy (non-hydrogen) atoms. The normalized spacial score (nSPS) is 16.4. The number of carbonyl (C=O) groups excluding carboxylic acids is 1. The van der Waals surface area contributed by atoms with Gasteiger partial charge in [-0.1, -0.05) is 18.2 Å². The van der Waals surface area contributed by atoms with Gasteiger partial charge >= 0.3 is 0 Å². The zero-order chi connectivity index (χ0) is 15.5. The van der Waals surface area contributed by atoms with E-state index in [1.54, 1.807) is 18.2 Å². The van der Waals surface area contributed by atoms with Crippen LogP contribution in [0.25, 0.3) is 0 Å². The average molecular weight is 314 g/mol. The number of Topliss-reactive ketones (excluding diaryl/α,β-unsaturated/α-hetero) is 1. The number of rotatable bonds is 4. The second kappa shape index (κ2) is 6.36. The van der Waals surface area contributed by atoms with E-state index in [4.69, 9.17) is 9.47 Å². The van der Waals surface area contributed by atoms with Crippen molar-refractivity contribution < 1.29 is 14.3 Å². The van der Waals surface area contributed by atoms with Crippen LogP contribution in [0.15, 0.2) is 29.6 Å². The molecule has 112 valence electrons. The first kappa shape index (κ1) is 14.9. The topological polar surface area (TPSA) is 72.2 Å². The summed E-state index contributed by atoms with van der Waals surface area (Å²) in [6.45, 7) is 2.93. The number of carbonyl (C=O) groups is 1. The number of aryl methyl sites for hydroxylation is 1. The smallest absolute Gasteiger partial charge is 0.186 e. The molecule has 6 heteroatoms. The third kappa shape index (κ3) is 2.92. The van der Waals surface area contributed by atoms with Crippen molar-refractivity contribution in [3.8, 4) is 6.07 Å². The quantitative estimate of drug-likeness (QED) is 0.811. The number of nitrogens with zero attached hydrogens (tertiary/aromatic N) is 2. The second-order valence-electron chi connectivity index (χ2n) is 4.95. The summed E-state index contributed by atoms with van der Waals surface area (Å²) < 4.78 is 10.9. The predicted octanol–water partition coefficient (Wildman–Crippen LogP) is 2.99. The minimum Gasteiger partial charge on any atom is -0.346 e. The Kier molecular flexibility index (Phi) is 4.29. The van der Waals surface area contributed by atoms with Crippen LogP contribution in [-0.4, -0.2) is 24.0 Å². The molecule has 1 aromatic carbocycles. The van der Waals surface area contributed by atoms with Crippen LogP contribution in [0.3, 0.4) is 0 Å². The number of ketones is 1. The maximum Gasteiger partial charge on any atom is 0.186 e. The molecule has 0 spiro atoms. The fourth-order valence-corrected chi connectivity index (χ4v) is 3.12. The SMILES string of the molecule is Cc1csc([C@H](C#N)C(=O)c2cccc(C3OCCO3)c2)n1. The highest BCUT2D eigenvalue weighted by molar-refractivity contribution is 7.10. The number of thiazole rings is 1. The number of hydrogen-bond acceptors (Lipinski definition) is 6. The van der Waals surface area contributed by atoms with E-state index in [0.717, 1.165) is 11.3 Å². The number of benzene rings is 1. The molecule has 2 heterocycles. The lowest BCUT2D eigenvalue weighted by molar-refractivity contribution is -0.0441. The predicted molar refractivity (Wildman–Crippen MR) is 80.6 cm³/mol. The first-order chi connectivity index (χ1) is 10.7. The van der Waals surface area contributed by atoms with Crippen molar-refractivity contribution >= 4 is 17.1 Å². The number of aromatic nitrogens is 1. The number of ether oxygens (including phenoxy) is 2. The van der Waals surface area contributed by atoms with Crippen LogP contribution in [0.1, 0.15) is 38.8 Å². The summed E-state index contributed by atoms with van der Waals surface area (Å²) in [5.41, 5.74) is 2.07. The molecule has 0 radical (unpaired) electrons. The summed E-state index contributed by atoms with van der Waals surface area (Å²) in [6, 6.07) is 9.10. The highest BCUT2D eigenvalue weighted by Gasteiger charge is 2.26. The van der Waals surface area contributed by atoms with E-state index in [-0.39, 0.29) is 5.78 Å². The maximum atomic E-state index is 12.6. The average Bonchev–Trinajstić information content (AvgIpc) is 3.20. The Balaban J connectivity index is 1.87. The first-order valence-corrected chi connectivity index (χ1v) is 7.76. The molecule has 5 nitrogen and oxygen atoms in total. The van der Waals surface area contributed by atoms with Crippen LogP contribution in [0.4, 0.5) is 0 Å². The highest BCUT2D eigenvalue weighted by atomic mass is 32.1. The van der Waals surface area contributed by atoms with Crippen molar-refractivity contribution in [1.82, 2.24) is 4.98 Å². The standard InChI is InChI=1S/C16H14N2O3S/c1-10-9-22-15(18-10)13(8-17)14(19)11-3-2-4-12(7-11)16-20-5-6-21-16/h2-4,7,9,13,16H,5-6H2,1H3/t13-/m1/s1. The molecule has 1 saturated heterocycles. The van der Waals surface area contributed by atoms with Gasteiger partial charge in [-0.25, -0.2) is 4.98 Å². The molecule has 1 aliphatic rings. The van der Waals surface area contributed by atoms with E-state index in [1.807, 2.05) is 18.4 Å². The van der Waals surface area contributed by atoms with Crippen molar-refractivity contribution in [2.24, 2.45) is 0 Å². The summed E-state index contributed by atoms with van der Waals surface area (Å²) >= 11 is 1.33. The van der Waals surface area contributed by atoms with Crippen molar-refractivity contribution in [2.45, 2.75) is 19.1 Å². The molecule has 2 aromatic rings. The van der Waals surface area contributed by atoms with Gasteiger partial charge < -0.3 is 9.47 Å². The zero-order valence-electron chi connectivity index (χ0n) is 12.0. The van der Waals surface area contributed by atoms with Crippen LogP contribution >= 0.6 is 11.3 Å². The van der Waals surface area contributed by atoms with E-state index < -0.39 is 12.2 Å². The Bertz CT molecular complexity index is 729. The molecule has 0 N–H and O–H groups in total. The molecular weight excluding hydrogens is 300 g/mol. The summed E-state index contributed by atoms with van der Waals surface area (Å²) in [6.07, 6.45) is -0.435. The largest absolute Gasteiger partial charge is 0.346 e. The molecule has 0 bridgehead atoms. The molecular formula is C16H14N2O3S. The Morgan fingerprint density at radius 2 is 2.23 bits per heavy atom. The van der Waals surface area contributed by atoms with Crippen molar-refractivity contribution in [3.63, 3.8) is 0 Å². The van der Waals surface area contributed by atoms with Gasteiger partial charge in [0.25, 0.3) is 0 Å². The minimum atomic E-state index is -0.876. The summed E-state index contributed by atoms with van der Waals surface area (Å²) in [4.78, 5) is 16.9. The van der Waals surface area contributed by atoms with Crippen LogP contribution in [0.5, 0.6) is 0 Å². The van der Waals surface area contributed by atoms with Crippen LogP contribution < -0.4 is 0 Å². The molecule has 0 unspecified atom stereocenters. The molecule has 3 rings (SSSR count). The van der Waals surface area contributed by atoms with Crippen molar-refractivity contribution in [1.29, 1.82) is 5.26 Å². The Morgan fingerprint density at radius 1 is 1.45 bits per heavy atom.